The largest absolute Gasteiger partial charge is 0.477 e. The van der Waals surface area contributed by atoms with Crippen molar-refractivity contribution in [2.75, 3.05) is 43.1 Å². The van der Waals surface area contributed by atoms with Crippen molar-refractivity contribution in [1.29, 1.82) is 0 Å². The number of carboxylic acid groups (broad SMARTS) is 1. The summed E-state index contributed by atoms with van der Waals surface area (Å²) >= 11 is 0. The minimum atomic E-state index is -1.34. The van der Waals surface area contributed by atoms with Crippen molar-refractivity contribution in [3.05, 3.63) is 39.4 Å². The smallest absolute Gasteiger partial charge is 0.341 e. The van der Waals surface area contributed by atoms with Gasteiger partial charge in [0.2, 0.25) is 11.3 Å². The van der Waals surface area contributed by atoms with Gasteiger partial charge in [0.1, 0.15) is 11.4 Å². The van der Waals surface area contributed by atoms with E-state index in [0.29, 0.717) is 42.8 Å². The van der Waals surface area contributed by atoms with E-state index in [0.717, 1.165) is 6.07 Å². The number of halogens is 1. The maximum absolute atomic E-state index is 15.3. The number of aromatic nitrogens is 1. The van der Waals surface area contributed by atoms with Crippen LogP contribution in [0.5, 0.6) is 0 Å². The molecule has 0 radical (unpaired) electrons. The zero-order valence-electron chi connectivity index (χ0n) is 16.8. The highest BCUT2D eigenvalue weighted by molar-refractivity contribution is 5.95. The number of aromatic carboxylic acids is 1. The number of anilines is 1. The molecule has 0 aliphatic carbocycles. The number of nitrogens with one attached hydrogen (secondary N) is 1. The van der Waals surface area contributed by atoms with E-state index in [9.17, 15) is 19.5 Å². The topological polar surface area (TPSA) is 121 Å². The number of carbonyl (C=O) groups excluding carboxylic acids is 1. The number of carbonyl (C=O) groups is 2. The van der Waals surface area contributed by atoms with Gasteiger partial charge in [0.05, 0.1) is 29.2 Å². The average molecular weight is 417 g/mol. The first-order chi connectivity index (χ1) is 14.2. The van der Waals surface area contributed by atoms with Crippen LogP contribution in [0, 0.1) is 11.7 Å². The van der Waals surface area contributed by atoms with Gasteiger partial charge in [-0.2, -0.15) is 0 Å². The van der Waals surface area contributed by atoms with E-state index in [1.165, 1.54) is 6.20 Å². The Kier molecular flexibility index (Phi) is 4.89. The van der Waals surface area contributed by atoms with Crippen molar-refractivity contribution < 1.29 is 19.1 Å². The van der Waals surface area contributed by atoms with Gasteiger partial charge in [0, 0.05) is 38.4 Å². The minimum absolute atomic E-state index is 0.0536. The average Bonchev–Trinajstić information content (AvgIpc) is 3.05. The van der Waals surface area contributed by atoms with Crippen molar-refractivity contribution in [3.8, 4) is 0 Å². The number of hydrogen-bond donors (Lipinski definition) is 3. The van der Waals surface area contributed by atoms with Crippen molar-refractivity contribution in [2.45, 2.75) is 19.4 Å². The number of nitrogens with zero attached hydrogens (tertiary/aromatic N) is 3. The number of hydrogen-bond acceptors (Lipinski definition) is 6. The van der Waals surface area contributed by atoms with Gasteiger partial charge < -0.3 is 26.1 Å². The molecule has 1 fully saturated rings. The SMILES string of the molecule is C[C@@H]1CN(c2c(F)cc3c(=O)c(C(=O)O)cn4c3c2CCN4C)C[C@@H]1NC(=O)CN. The summed E-state index contributed by atoms with van der Waals surface area (Å²) in [6, 6.07) is 0.973. The molecule has 0 saturated carbocycles. The molecule has 9 nitrogen and oxygen atoms in total. The van der Waals surface area contributed by atoms with Gasteiger partial charge in [-0.25, -0.2) is 9.18 Å². The summed E-state index contributed by atoms with van der Waals surface area (Å²) in [4.78, 5) is 37.8. The lowest BCUT2D eigenvalue weighted by molar-refractivity contribution is -0.120. The number of amides is 1. The zero-order valence-corrected chi connectivity index (χ0v) is 16.8. The fraction of sp³-hybridized carbons (Fsp3) is 0.450. The predicted molar refractivity (Wildman–Crippen MR) is 110 cm³/mol. The molecule has 10 heteroatoms. The van der Waals surface area contributed by atoms with E-state index >= 15 is 4.39 Å². The van der Waals surface area contributed by atoms with Gasteiger partial charge >= 0.3 is 5.97 Å². The number of nitrogens with two attached hydrogens (primary N) is 1. The van der Waals surface area contributed by atoms with Crippen molar-refractivity contribution >= 4 is 28.5 Å². The van der Waals surface area contributed by atoms with Gasteiger partial charge in [0.15, 0.2) is 0 Å². The van der Waals surface area contributed by atoms with Crippen LogP contribution in [-0.4, -0.2) is 60.9 Å². The molecule has 4 rings (SSSR count). The summed E-state index contributed by atoms with van der Waals surface area (Å²) in [7, 11) is 1.79. The van der Waals surface area contributed by atoms with Gasteiger partial charge in [-0.1, -0.05) is 6.92 Å². The fourth-order valence-corrected chi connectivity index (χ4v) is 4.49. The second-order valence-electron chi connectivity index (χ2n) is 7.99. The molecule has 3 heterocycles. The molecule has 2 aliphatic rings. The number of pyridine rings is 1. The summed E-state index contributed by atoms with van der Waals surface area (Å²) in [6.45, 7) is 3.38. The minimum Gasteiger partial charge on any atom is -0.477 e. The first-order valence-corrected chi connectivity index (χ1v) is 9.82. The molecule has 0 bridgehead atoms. The van der Waals surface area contributed by atoms with E-state index in [-0.39, 0.29) is 29.8 Å². The van der Waals surface area contributed by atoms with Crippen LogP contribution >= 0.6 is 0 Å². The highest BCUT2D eigenvalue weighted by atomic mass is 19.1. The Labute approximate surface area is 171 Å². The molecular formula is C20H24FN5O4. The number of likely N-dealkylation sites (N-methyl/N-ethyl adjacent to an activating group) is 1. The number of carboxylic acids is 1. The van der Waals surface area contributed by atoms with Crippen molar-refractivity contribution in [3.63, 3.8) is 0 Å². The van der Waals surface area contributed by atoms with Gasteiger partial charge in [-0.15, -0.1) is 0 Å². The number of benzene rings is 1. The molecule has 2 aromatic rings. The molecule has 2 aliphatic heterocycles. The van der Waals surface area contributed by atoms with E-state index in [4.69, 9.17) is 5.73 Å². The lowest BCUT2D eigenvalue weighted by Gasteiger charge is -2.33. The van der Waals surface area contributed by atoms with E-state index in [1.54, 1.807) is 16.7 Å². The maximum Gasteiger partial charge on any atom is 0.341 e. The second kappa shape index (κ2) is 7.28. The predicted octanol–water partition coefficient (Wildman–Crippen LogP) is -0.138. The molecule has 160 valence electrons. The third kappa shape index (κ3) is 3.07. The first-order valence-electron chi connectivity index (χ1n) is 9.82. The second-order valence-corrected chi connectivity index (χ2v) is 7.99. The Bertz CT molecular complexity index is 1110. The number of rotatable bonds is 4. The Morgan fingerprint density at radius 1 is 1.37 bits per heavy atom. The van der Waals surface area contributed by atoms with Crippen LogP contribution < -0.4 is 26.4 Å². The van der Waals surface area contributed by atoms with Gasteiger partial charge in [-0.05, 0) is 18.4 Å². The highest BCUT2D eigenvalue weighted by Gasteiger charge is 2.35. The first kappa shape index (κ1) is 20.1. The summed E-state index contributed by atoms with van der Waals surface area (Å²) in [5.74, 6) is -2.08. The Balaban J connectivity index is 1.87. The lowest BCUT2D eigenvalue weighted by atomic mass is 9.99. The normalized spacial score (nSPS) is 20.7. The van der Waals surface area contributed by atoms with E-state index in [2.05, 4.69) is 5.32 Å². The van der Waals surface area contributed by atoms with Crippen molar-refractivity contribution in [1.82, 2.24) is 9.99 Å². The third-order valence-electron chi connectivity index (χ3n) is 6.04. The standard InChI is InChI=1S/C20H24FN5O4/c1-10-7-25(9-15(10)23-16(27)6-22)18-11-3-4-24(2)26-8-13(20(29)30)19(28)12(17(11)26)5-14(18)21/h5,8,10,15H,3-4,6-7,9,22H2,1-2H3,(H,23,27)(H,29,30)/t10-,15+/m1/s1. The molecular weight excluding hydrogens is 393 g/mol. The van der Waals surface area contributed by atoms with Crippen LogP contribution in [0.15, 0.2) is 17.1 Å². The quantitative estimate of drug-likeness (QED) is 0.633. The Hall–Kier alpha value is -3.14. The van der Waals surface area contributed by atoms with Gasteiger partial charge in [-0.3, -0.25) is 14.3 Å². The Morgan fingerprint density at radius 3 is 2.77 bits per heavy atom. The van der Waals surface area contributed by atoms with E-state index in [1.807, 2.05) is 11.8 Å². The van der Waals surface area contributed by atoms with Crippen LogP contribution in [0.2, 0.25) is 0 Å². The zero-order chi connectivity index (χ0) is 21.7. The van der Waals surface area contributed by atoms with Crippen LogP contribution in [0.3, 0.4) is 0 Å². The molecule has 1 aromatic heterocycles. The molecule has 1 aromatic carbocycles. The van der Waals surface area contributed by atoms with Crippen LogP contribution in [0.25, 0.3) is 10.9 Å². The summed E-state index contributed by atoms with van der Waals surface area (Å²) in [5, 5.41) is 14.1. The third-order valence-corrected chi connectivity index (χ3v) is 6.04. The summed E-state index contributed by atoms with van der Waals surface area (Å²) < 4.78 is 16.9. The van der Waals surface area contributed by atoms with Crippen LogP contribution in [-0.2, 0) is 11.2 Å². The maximum atomic E-state index is 15.3. The molecule has 2 atom stereocenters. The molecule has 4 N–H and O–H groups in total. The lowest BCUT2D eigenvalue weighted by Crippen LogP contribution is -2.43. The molecule has 1 amide bonds. The van der Waals surface area contributed by atoms with Crippen LogP contribution in [0.4, 0.5) is 10.1 Å². The summed E-state index contributed by atoms with van der Waals surface area (Å²) in [5.41, 5.74) is 5.91. The fourth-order valence-electron chi connectivity index (χ4n) is 4.49. The molecule has 1 saturated heterocycles. The molecule has 0 spiro atoms. The van der Waals surface area contributed by atoms with Crippen molar-refractivity contribution in [2.24, 2.45) is 11.7 Å². The molecule has 30 heavy (non-hydrogen) atoms. The van der Waals surface area contributed by atoms with E-state index < -0.39 is 22.8 Å². The monoisotopic (exact) mass is 417 g/mol. The van der Waals surface area contributed by atoms with Gasteiger partial charge in [0.25, 0.3) is 0 Å². The Morgan fingerprint density at radius 2 is 2.10 bits per heavy atom. The highest BCUT2D eigenvalue weighted by Crippen LogP contribution is 2.36. The molecule has 0 unspecified atom stereocenters. The summed E-state index contributed by atoms with van der Waals surface area (Å²) in [6.07, 6.45) is 1.81. The van der Waals surface area contributed by atoms with Crippen LogP contribution in [0.1, 0.15) is 22.8 Å².